The van der Waals surface area contributed by atoms with Crippen molar-refractivity contribution in [2.24, 2.45) is 23.7 Å². The molecular weight excluding hydrogens is 246 g/mol. The molecule has 96 valence electrons. The van der Waals surface area contributed by atoms with Gasteiger partial charge in [0.2, 0.25) is 0 Å². The van der Waals surface area contributed by atoms with E-state index in [1.165, 1.54) is 32.1 Å². The average Bonchev–Trinajstić information content (AvgIpc) is 2.25. The van der Waals surface area contributed by atoms with Crippen LogP contribution in [0.5, 0.6) is 0 Å². The maximum atomic E-state index is 6.03. The standard InChI is InChI=1S/C14H18ClN3/c15-11-6-12(16)18-14(17-11)13-9-2-7-1-8(4-9)5-10(13)3-7/h6-10,13H,1-5H2,(H2,16,17,18). The smallest absolute Gasteiger partial charge is 0.136 e. The predicted molar refractivity (Wildman–Crippen MR) is 71.2 cm³/mol. The van der Waals surface area contributed by atoms with Crippen LogP contribution in [0.4, 0.5) is 5.82 Å². The Morgan fingerprint density at radius 3 is 2.17 bits per heavy atom. The monoisotopic (exact) mass is 263 g/mol. The number of nitrogen functional groups attached to an aromatic ring is 1. The molecule has 0 radical (unpaired) electrons. The summed E-state index contributed by atoms with van der Waals surface area (Å²) in [5.74, 6) is 5.44. The van der Waals surface area contributed by atoms with Crippen molar-refractivity contribution in [3.63, 3.8) is 0 Å². The average molecular weight is 264 g/mol. The summed E-state index contributed by atoms with van der Waals surface area (Å²) in [4.78, 5) is 8.92. The van der Waals surface area contributed by atoms with Gasteiger partial charge in [-0.1, -0.05) is 11.6 Å². The minimum absolute atomic E-state index is 0.492. The third-order valence-corrected chi connectivity index (χ3v) is 5.45. The van der Waals surface area contributed by atoms with Crippen molar-refractivity contribution in [2.75, 3.05) is 5.73 Å². The van der Waals surface area contributed by atoms with Crippen molar-refractivity contribution in [1.82, 2.24) is 9.97 Å². The quantitative estimate of drug-likeness (QED) is 0.792. The van der Waals surface area contributed by atoms with Crippen LogP contribution in [-0.4, -0.2) is 9.97 Å². The molecule has 1 heterocycles. The largest absolute Gasteiger partial charge is 0.384 e. The van der Waals surface area contributed by atoms with Crippen LogP contribution in [0.25, 0.3) is 0 Å². The minimum atomic E-state index is 0.492. The number of aromatic nitrogens is 2. The highest BCUT2D eigenvalue weighted by Gasteiger charge is 2.49. The Morgan fingerprint density at radius 1 is 1.00 bits per heavy atom. The van der Waals surface area contributed by atoms with Gasteiger partial charge in [-0.3, -0.25) is 0 Å². The molecule has 0 unspecified atom stereocenters. The number of rotatable bonds is 1. The summed E-state index contributed by atoms with van der Waals surface area (Å²) in [5, 5.41) is 0.492. The SMILES string of the molecule is Nc1cc(Cl)nc(C2C3CC4CC(C3)CC2C4)n1. The van der Waals surface area contributed by atoms with E-state index in [4.69, 9.17) is 17.3 Å². The fourth-order valence-electron chi connectivity index (χ4n) is 4.95. The highest BCUT2D eigenvalue weighted by molar-refractivity contribution is 6.29. The second-order valence-corrected chi connectivity index (χ2v) is 6.82. The maximum absolute atomic E-state index is 6.03. The second kappa shape index (κ2) is 3.83. The topological polar surface area (TPSA) is 51.8 Å². The van der Waals surface area contributed by atoms with Crippen molar-refractivity contribution in [3.05, 3.63) is 17.0 Å². The number of hydrogen-bond donors (Lipinski definition) is 1. The summed E-state index contributed by atoms with van der Waals surface area (Å²) < 4.78 is 0. The van der Waals surface area contributed by atoms with E-state index in [9.17, 15) is 0 Å². The molecule has 0 aromatic carbocycles. The molecule has 18 heavy (non-hydrogen) atoms. The zero-order chi connectivity index (χ0) is 12.3. The van der Waals surface area contributed by atoms with Crippen LogP contribution in [0.1, 0.15) is 43.8 Å². The van der Waals surface area contributed by atoms with Gasteiger partial charge in [0.15, 0.2) is 0 Å². The molecule has 2 N–H and O–H groups in total. The Morgan fingerprint density at radius 2 is 1.61 bits per heavy atom. The highest BCUT2D eigenvalue weighted by atomic mass is 35.5. The zero-order valence-corrected chi connectivity index (χ0v) is 11.1. The molecule has 0 amide bonds. The van der Waals surface area contributed by atoms with Gasteiger partial charge in [0, 0.05) is 12.0 Å². The zero-order valence-electron chi connectivity index (χ0n) is 10.3. The minimum Gasteiger partial charge on any atom is -0.384 e. The van der Waals surface area contributed by atoms with Gasteiger partial charge in [-0.15, -0.1) is 0 Å². The maximum Gasteiger partial charge on any atom is 0.136 e. The lowest BCUT2D eigenvalue weighted by Gasteiger charge is -2.53. The van der Waals surface area contributed by atoms with Crippen molar-refractivity contribution >= 4 is 17.4 Å². The molecule has 4 heteroatoms. The van der Waals surface area contributed by atoms with E-state index in [1.807, 2.05) is 0 Å². The Hall–Kier alpha value is -0.830. The molecule has 4 aliphatic carbocycles. The van der Waals surface area contributed by atoms with Crippen LogP contribution in [0, 0.1) is 23.7 Å². The van der Waals surface area contributed by atoms with Gasteiger partial charge in [0.1, 0.15) is 16.8 Å². The van der Waals surface area contributed by atoms with Gasteiger partial charge in [-0.25, -0.2) is 9.97 Å². The van der Waals surface area contributed by atoms with E-state index in [1.54, 1.807) is 6.07 Å². The summed E-state index contributed by atoms with van der Waals surface area (Å²) in [7, 11) is 0. The molecule has 1 aromatic heterocycles. The number of nitrogens with zero attached hydrogens (tertiary/aromatic N) is 2. The molecule has 1 aromatic rings. The van der Waals surface area contributed by atoms with E-state index in [0.29, 0.717) is 16.9 Å². The first kappa shape index (κ1) is 11.0. The lowest BCUT2D eigenvalue weighted by Crippen LogP contribution is -2.44. The van der Waals surface area contributed by atoms with Gasteiger partial charge in [-0.05, 0) is 55.8 Å². The molecule has 0 saturated heterocycles. The van der Waals surface area contributed by atoms with E-state index < -0.39 is 0 Å². The normalized spacial score (nSPS) is 41.3. The van der Waals surface area contributed by atoms with Crippen molar-refractivity contribution in [3.8, 4) is 0 Å². The van der Waals surface area contributed by atoms with Crippen LogP contribution in [-0.2, 0) is 0 Å². The Bertz CT molecular complexity index is 440. The van der Waals surface area contributed by atoms with Gasteiger partial charge in [-0.2, -0.15) is 0 Å². The fourth-order valence-corrected chi connectivity index (χ4v) is 5.15. The van der Waals surface area contributed by atoms with Crippen LogP contribution < -0.4 is 5.73 Å². The van der Waals surface area contributed by atoms with Gasteiger partial charge in [0.25, 0.3) is 0 Å². The lowest BCUT2D eigenvalue weighted by atomic mass is 9.51. The summed E-state index contributed by atoms with van der Waals surface area (Å²) in [6.07, 6.45) is 6.94. The molecule has 4 bridgehead atoms. The van der Waals surface area contributed by atoms with E-state index >= 15 is 0 Å². The van der Waals surface area contributed by atoms with Crippen LogP contribution in [0.3, 0.4) is 0 Å². The number of anilines is 1. The predicted octanol–water partition coefficient (Wildman–Crippen LogP) is 3.25. The summed E-state index contributed by atoms with van der Waals surface area (Å²) in [6, 6.07) is 1.64. The van der Waals surface area contributed by atoms with Crippen molar-refractivity contribution < 1.29 is 0 Å². The van der Waals surface area contributed by atoms with Gasteiger partial charge < -0.3 is 5.73 Å². The number of nitrogens with two attached hydrogens (primary N) is 1. The Balaban J connectivity index is 1.72. The summed E-state index contributed by atoms with van der Waals surface area (Å²) >= 11 is 6.03. The van der Waals surface area contributed by atoms with E-state index in [0.717, 1.165) is 29.5 Å². The summed E-state index contributed by atoms with van der Waals surface area (Å²) in [6.45, 7) is 0. The molecule has 4 saturated carbocycles. The van der Waals surface area contributed by atoms with Gasteiger partial charge in [0.05, 0.1) is 0 Å². The van der Waals surface area contributed by atoms with Crippen molar-refractivity contribution in [2.45, 2.75) is 38.0 Å². The third-order valence-electron chi connectivity index (χ3n) is 5.26. The fraction of sp³-hybridized carbons (Fsp3) is 0.714. The second-order valence-electron chi connectivity index (χ2n) is 6.43. The molecule has 0 spiro atoms. The molecule has 4 fully saturated rings. The van der Waals surface area contributed by atoms with Crippen LogP contribution in [0.2, 0.25) is 5.15 Å². The van der Waals surface area contributed by atoms with E-state index in [2.05, 4.69) is 9.97 Å². The van der Waals surface area contributed by atoms with Crippen LogP contribution in [0.15, 0.2) is 6.07 Å². The first-order chi connectivity index (χ1) is 8.69. The molecular formula is C14H18ClN3. The molecule has 5 rings (SSSR count). The van der Waals surface area contributed by atoms with Crippen LogP contribution >= 0.6 is 11.6 Å². The Kier molecular flexibility index (Phi) is 2.35. The first-order valence-corrected chi connectivity index (χ1v) is 7.37. The lowest BCUT2D eigenvalue weighted by molar-refractivity contribution is -0.00559. The molecule has 4 aliphatic rings. The molecule has 3 nitrogen and oxygen atoms in total. The summed E-state index contributed by atoms with van der Waals surface area (Å²) in [5.41, 5.74) is 5.82. The first-order valence-electron chi connectivity index (χ1n) is 6.99. The highest BCUT2D eigenvalue weighted by Crippen LogP contribution is 2.59. The number of halogens is 1. The molecule has 0 aliphatic heterocycles. The molecule has 0 atom stereocenters. The van der Waals surface area contributed by atoms with Gasteiger partial charge >= 0.3 is 0 Å². The van der Waals surface area contributed by atoms with E-state index in [-0.39, 0.29) is 0 Å². The van der Waals surface area contributed by atoms with Crippen molar-refractivity contribution in [1.29, 1.82) is 0 Å². The number of hydrogen-bond acceptors (Lipinski definition) is 3. The third kappa shape index (κ3) is 1.63. The Labute approximate surface area is 112 Å².